The van der Waals surface area contributed by atoms with E-state index in [-0.39, 0.29) is 6.10 Å². The molecule has 0 aliphatic carbocycles. The summed E-state index contributed by atoms with van der Waals surface area (Å²) >= 11 is 0. The van der Waals surface area contributed by atoms with Crippen LogP contribution in [0.1, 0.15) is 46.6 Å². The van der Waals surface area contributed by atoms with Crippen molar-refractivity contribution in [2.45, 2.75) is 59.7 Å². The molecule has 19 heavy (non-hydrogen) atoms. The molecule has 3 nitrogen and oxygen atoms in total. The van der Waals surface area contributed by atoms with Gasteiger partial charge in [0.15, 0.2) is 0 Å². The number of benzene rings is 1. The summed E-state index contributed by atoms with van der Waals surface area (Å²) < 4.78 is 11.5. The van der Waals surface area contributed by atoms with E-state index < -0.39 is 0 Å². The van der Waals surface area contributed by atoms with Crippen molar-refractivity contribution < 1.29 is 9.47 Å². The highest BCUT2D eigenvalue weighted by Gasteiger charge is 2.08. The summed E-state index contributed by atoms with van der Waals surface area (Å²) in [4.78, 5) is 0. The molecule has 108 valence electrons. The lowest BCUT2D eigenvalue weighted by molar-refractivity contribution is 0.237. The highest BCUT2D eigenvalue weighted by Crippen LogP contribution is 2.26. The van der Waals surface area contributed by atoms with Gasteiger partial charge in [0.25, 0.3) is 0 Å². The molecular formula is C16H27NO2. The van der Waals surface area contributed by atoms with Gasteiger partial charge in [-0.2, -0.15) is 0 Å². The number of ether oxygens (including phenoxy) is 2. The lowest BCUT2D eigenvalue weighted by Gasteiger charge is -2.17. The molecular weight excluding hydrogens is 238 g/mol. The van der Waals surface area contributed by atoms with E-state index in [4.69, 9.17) is 9.47 Å². The van der Waals surface area contributed by atoms with Gasteiger partial charge < -0.3 is 14.8 Å². The van der Waals surface area contributed by atoms with Crippen LogP contribution >= 0.6 is 0 Å². The van der Waals surface area contributed by atoms with Crippen LogP contribution in [0.2, 0.25) is 0 Å². The molecule has 1 N–H and O–H groups in total. The fraction of sp³-hybridized carbons (Fsp3) is 0.625. The molecule has 0 fully saturated rings. The van der Waals surface area contributed by atoms with Crippen molar-refractivity contribution in [3.8, 4) is 11.5 Å². The molecule has 3 heteroatoms. The minimum Gasteiger partial charge on any atom is -0.493 e. The molecule has 0 saturated carbocycles. The second-order valence-electron chi connectivity index (χ2n) is 5.32. The van der Waals surface area contributed by atoms with Crippen molar-refractivity contribution in [3.05, 3.63) is 23.8 Å². The van der Waals surface area contributed by atoms with E-state index in [1.807, 2.05) is 26.0 Å². The third-order valence-electron chi connectivity index (χ3n) is 2.57. The van der Waals surface area contributed by atoms with Gasteiger partial charge in [0.05, 0.1) is 12.7 Å². The first kappa shape index (κ1) is 15.8. The molecule has 0 aliphatic rings. The normalized spacial score (nSPS) is 11.1. The third kappa shape index (κ3) is 5.97. The maximum Gasteiger partial charge on any atom is 0.127 e. The Bertz CT molecular complexity index is 375. The lowest BCUT2D eigenvalue weighted by atomic mass is 10.1. The highest BCUT2D eigenvalue weighted by atomic mass is 16.5. The van der Waals surface area contributed by atoms with E-state index in [2.05, 4.69) is 32.2 Å². The van der Waals surface area contributed by atoms with E-state index in [0.717, 1.165) is 31.1 Å². The van der Waals surface area contributed by atoms with E-state index >= 15 is 0 Å². The van der Waals surface area contributed by atoms with Crippen LogP contribution < -0.4 is 14.8 Å². The molecule has 0 amide bonds. The maximum atomic E-state index is 5.88. The van der Waals surface area contributed by atoms with Gasteiger partial charge in [-0.15, -0.1) is 0 Å². The molecule has 0 spiro atoms. The van der Waals surface area contributed by atoms with Crippen molar-refractivity contribution in [3.63, 3.8) is 0 Å². The molecule has 1 aromatic carbocycles. The smallest absolute Gasteiger partial charge is 0.127 e. The van der Waals surface area contributed by atoms with Gasteiger partial charge in [-0.1, -0.05) is 26.8 Å². The maximum absolute atomic E-state index is 5.88. The fourth-order valence-corrected chi connectivity index (χ4v) is 1.67. The minimum atomic E-state index is 0.166. The Morgan fingerprint density at radius 2 is 1.89 bits per heavy atom. The monoisotopic (exact) mass is 265 g/mol. The molecule has 0 aliphatic heterocycles. The van der Waals surface area contributed by atoms with Crippen LogP contribution in [0.3, 0.4) is 0 Å². The number of hydrogen-bond donors (Lipinski definition) is 1. The van der Waals surface area contributed by atoms with E-state index in [1.54, 1.807) is 0 Å². The van der Waals surface area contributed by atoms with Gasteiger partial charge in [0.1, 0.15) is 11.5 Å². The van der Waals surface area contributed by atoms with Crippen molar-refractivity contribution in [2.75, 3.05) is 6.61 Å². The highest BCUT2D eigenvalue weighted by molar-refractivity contribution is 5.41. The molecule has 0 bridgehead atoms. The van der Waals surface area contributed by atoms with Crippen LogP contribution in [0, 0.1) is 0 Å². The van der Waals surface area contributed by atoms with Crippen LogP contribution in [0.5, 0.6) is 11.5 Å². The van der Waals surface area contributed by atoms with Gasteiger partial charge in [0, 0.05) is 24.2 Å². The Morgan fingerprint density at radius 3 is 2.47 bits per heavy atom. The summed E-state index contributed by atoms with van der Waals surface area (Å²) in [5, 5.41) is 3.42. The van der Waals surface area contributed by atoms with Crippen molar-refractivity contribution in [1.29, 1.82) is 0 Å². The second kappa shape index (κ2) is 8.05. The third-order valence-corrected chi connectivity index (χ3v) is 2.57. The van der Waals surface area contributed by atoms with Gasteiger partial charge in [0.2, 0.25) is 0 Å². The Labute approximate surface area is 117 Å². The summed E-state index contributed by atoms with van der Waals surface area (Å²) in [6, 6.07) is 6.55. The van der Waals surface area contributed by atoms with Crippen LogP contribution in [0.25, 0.3) is 0 Å². The SMILES string of the molecule is CCCOc1ccc(CNC(C)C)c(OC(C)C)c1. The van der Waals surface area contributed by atoms with Gasteiger partial charge >= 0.3 is 0 Å². The Morgan fingerprint density at radius 1 is 1.16 bits per heavy atom. The predicted octanol–water partition coefficient (Wildman–Crippen LogP) is 3.76. The Balaban J connectivity index is 2.82. The van der Waals surface area contributed by atoms with E-state index in [1.165, 1.54) is 5.56 Å². The minimum absolute atomic E-state index is 0.166. The largest absolute Gasteiger partial charge is 0.493 e. The van der Waals surface area contributed by atoms with Crippen molar-refractivity contribution in [2.24, 2.45) is 0 Å². The molecule has 0 radical (unpaired) electrons. The van der Waals surface area contributed by atoms with Gasteiger partial charge in [-0.3, -0.25) is 0 Å². The fourth-order valence-electron chi connectivity index (χ4n) is 1.67. The zero-order chi connectivity index (χ0) is 14.3. The zero-order valence-electron chi connectivity index (χ0n) is 12.8. The van der Waals surface area contributed by atoms with Crippen molar-refractivity contribution >= 4 is 0 Å². The molecule has 0 saturated heterocycles. The average molecular weight is 265 g/mol. The summed E-state index contributed by atoms with van der Waals surface area (Å²) in [6.45, 7) is 12.0. The second-order valence-corrected chi connectivity index (χ2v) is 5.32. The average Bonchev–Trinajstić information content (AvgIpc) is 2.34. The van der Waals surface area contributed by atoms with E-state index in [9.17, 15) is 0 Å². The Kier molecular flexibility index (Phi) is 6.71. The Hall–Kier alpha value is -1.22. The summed E-state index contributed by atoms with van der Waals surface area (Å²) in [5.41, 5.74) is 1.17. The van der Waals surface area contributed by atoms with Crippen LogP contribution in [0.15, 0.2) is 18.2 Å². The first-order chi connectivity index (χ1) is 9.02. The number of hydrogen-bond acceptors (Lipinski definition) is 3. The van der Waals surface area contributed by atoms with Crippen LogP contribution in [-0.4, -0.2) is 18.8 Å². The quantitative estimate of drug-likeness (QED) is 0.776. The zero-order valence-corrected chi connectivity index (χ0v) is 12.8. The molecule has 1 aromatic rings. The van der Waals surface area contributed by atoms with Crippen LogP contribution in [-0.2, 0) is 6.54 Å². The van der Waals surface area contributed by atoms with E-state index in [0.29, 0.717) is 6.04 Å². The van der Waals surface area contributed by atoms with Crippen molar-refractivity contribution in [1.82, 2.24) is 5.32 Å². The molecule has 0 heterocycles. The molecule has 0 aromatic heterocycles. The number of rotatable bonds is 8. The summed E-state index contributed by atoms with van der Waals surface area (Å²) in [6.07, 6.45) is 1.18. The van der Waals surface area contributed by atoms with Gasteiger partial charge in [-0.05, 0) is 26.3 Å². The van der Waals surface area contributed by atoms with Gasteiger partial charge in [-0.25, -0.2) is 0 Å². The summed E-state index contributed by atoms with van der Waals surface area (Å²) in [7, 11) is 0. The lowest BCUT2D eigenvalue weighted by Crippen LogP contribution is -2.22. The molecule has 0 unspecified atom stereocenters. The summed E-state index contributed by atoms with van der Waals surface area (Å²) in [5.74, 6) is 1.79. The first-order valence-electron chi connectivity index (χ1n) is 7.18. The topological polar surface area (TPSA) is 30.5 Å². The number of nitrogens with one attached hydrogen (secondary N) is 1. The molecule has 0 atom stereocenters. The predicted molar refractivity (Wildman–Crippen MR) is 80.0 cm³/mol. The standard InChI is InChI=1S/C16H27NO2/c1-6-9-18-15-8-7-14(11-17-12(2)3)16(10-15)19-13(4)5/h7-8,10,12-13,17H,6,9,11H2,1-5H3. The first-order valence-corrected chi connectivity index (χ1v) is 7.18. The molecule has 1 rings (SSSR count). The van der Waals surface area contributed by atoms with Crippen LogP contribution in [0.4, 0.5) is 0 Å².